The number of nitrogens with one attached hydrogen (secondary N) is 1. The molecule has 1 aromatic carbocycles. The largest absolute Gasteiger partial charge is 0.377 e. The fourth-order valence-electron chi connectivity index (χ4n) is 1.51. The van der Waals surface area contributed by atoms with Gasteiger partial charge in [0.25, 0.3) is 0 Å². The Hall–Kier alpha value is -1.93. The van der Waals surface area contributed by atoms with E-state index in [-0.39, 0.29) is 0 Å². The van der Waals surface area contributed by atoms with Crippen LogP contribution in [0.1, 0.15) is 23.2 Å². The molecule has 0 saturated carbocycles. The maximum Gasteiger partial charge on any atom is 0.147 e. The smallest absolute Gasteiger partial charge is 0.147 e. The van der Waals surface area contributed by atoms with Crippen LogP contribution in [0, 0.1) is 17.1 Å². The van der Waals surface area contributed by atoms with E-state index in [4.69, 9.17) is 5.26 Å². The van der Waals surface area contributed by atoms with Crippen molar-refractivity contribution < 1.29 is 4.39 Å². The molecule has 2 aromatic rings. The van der Waals surface area contributed by atoms with Gasteiger partial charge in [-0.25, -0.2) is 9.37 Å². The van der Waals surface area contributed by atoms with Crippen LogP contribution in [0.25, 0.3) is 0 Å². The van der Waals surface area contributed by atoms with Gasteiger partial charge in [-0.05, 0) is 24.6 Å². The SMILES string of the molecule is CCc1nc(CNc2ccc(C#N)cc2F)cs1. The molecular weight excluding hydrogens is 249 g/mol. The molecule has 0 unspecified atom stereocenters. The molecule has 0 atom stereocenters. The van der Waals surface area contributed by atoms with Gasteiger partial charge >= 0.3 is 0 Å². The second-order valence-electron chi connectivity index (χ2n) is 3.75. The van der Waals surface area contributed by atoms with Crippen LogP contribution in [0.5, 0.6) is 0 Å². The number of anilines is 1. The second kappa shape index (κ2) is 5.61. The number of aryl methyl sites for hydroxylation is 1. The lowest BCUT2D eigenvalue weighted by Crippen LogP contribution is -2.02. The number of hydrogen-bond acceptors (Lipinski definition) is 4. The van der Waals surface area contributed by atoms with Gasteiger partial charge in [-0.15, -0.1) is 11.3 Å². The molecule has 0 bridgehead atoms. The van der Waals surface area contributed by atoms with Crippen molar-refractivity contribution in [1.82, 2.24) is 4.98 Å². The van der Waals surface area contributed by atoms with Crippen molar-refractivity contribution in [1.29, 1.82) is 5.26 Å². The third-order valence-electron chi connectivity index (χ3n) is 2.46. The van der Waals surface area contributed by atoms with Crippen LogP contribution in [0.3, 0.4) is 0 Å². The fraction of sp³-hybridized carbons (Fsp3) is 0.231. The standard InChI is InChI=1S/C13H12FN3S/c1-2-13-17-10(8-18-13)7-16-12-4-3-9(6-15)5-11(12)14/h3-5,8,16H,2,7H2,1H3. The summed E-state index contributed by atoms with van der Waals surface area (Å²) < 4.78 is 13.6. The second-order valence-corrected chi connectivity index (χ2v) is 4.69. The Morgan fingerprint density at radius 2 is 2.33 bits per heavy atom. The van der Waals surface area contributed by atoms with E-state index in [1.165, 1.54) is 6.07 Å². The fourth-order valence-corrected chi connectivity index (χ4v) is 2.25. The number of thiazole rings is 1. The van der Waals surface area contributed by atoms with Crippen LogP contribution in [-0.4, -0.2) is 4.98 Å². The van der Waals surface area contributed by atoms with Gasteiger partial charge in [0.2, 0.25) is 0 Å². The summed E-state index contributed by atoms with van der Waals surface area (Å²) in [5.41, 5.74) is 1.61. The Balaban J connectivity index is 2.04. The minimum atomic E-state index is -0.417. The van der Waals surface area contributed by atoms with E-state index in [9.17, 15) is 4.39 Å². The van der Waals surface area contributed by atoms with Crippen molar-refractivity contribution in [3.63, 3.8) is 0 Å². The molecule has 0 radical (unpaired) electrons. The number of halogens is 1. The van der Waals surface area contributed by atoms with E-state index in [1.54, 1.807) is 23.5 Å². The van der Waals surface area contributed by atoms with Crippen LogP contribution >= 0.6 is 11.3 Å². The number of hydrogen-bond donors (Lipinski definition) is 1. The molecule has 0 fully saturated rings. The van der Waals surface area contributed by atoms with E-state index < -0.39 is 5.82 Å². The number of rotatable bonds is 4. The molecule has 2 rings (SSSR count). The van der Waals surface area contributed by atoms with Crippen molar-refractivity contribution in [3.05, 3.63) is 45.7 Å². The van der Waals surface area contributed by atoms with Crippen LogP contribution in [0.4, 0.5) is 10.1 Å². The summed E-state index contributed by atoms with van der Waals surface area (Å²) >= 11 is 1.61. The lowest BCUT2D eigenvalue weighted by Gasteiger charge is -2.05. The molecule has 0 aliphatic rings. The molecule has 1 heterocycles. The Bertz CT molecular complexity index is 586. The maximum atomic E-state index is 13.6. The van der Waals surface area contributed by atoms with Crippen molar-refractivity contribution in [2.75, 3.05) is 5.32 Å². The first-order valence-electron chi connectivity index (χ1n) is 5.59. The highest BCUT2D eigenvalue weighted by molar-refractivity contribution is 7.09. The first-order chi connectivity index (χ1) is 8.72. The predicted molar refractivity (Wildman–Crippen MR) is 69.9 cm³/mol. The van der Waals surface area contributed by atoms with E-state index in [1.807, 2.05) is 11.4 Å². The molecule has 92 valence electrons. The van der Waals surface area contributed by atoms with Gasteiger partial charge in [0.1, 0.15) is 5.82 Å². The monoisotopic (exact) mass is 261 g/mol. The molecule has 1 aromatic heterocycles. The van der Waals surface area contributed by atoms with Crippen LogP contribution < -0.4 is 5.32 Å². The van der Waals surface area contributed by atoms with Crippen LogP contribution in [-0.2, 0) is 13.0 Å². The third kappa shape index (κ3) is 2.84. The van der Waals surface area contributed by atoms with Crippen molar-refractivity contribution in [2.24, 2.45) is 0 Å². The Morgan fingerprint density at radius 3 is 2.94 bits per heavy atom. The number of benzene rings is 1. The summed E-state index contributed by atoms with van der Waals surface area (Å²) in [5, 5.41) is 14.7. The minimum Gasteiger partial charge on any atom is -0.377 e. The van der Waals surface area contributed by atoms with E-state index in [2.05, 4.69) is 17.2 Å². The molecule has 0 spiro atoms. The molecule has 0 aliphatic heterocycles. The molecule has 0 saturated heterocycles. The summed E-state index contributed by atoms with van der Waals surface area (Å²) in [4.78, 5) is 4.39. The zero-order valence-corrected chi connectivity index (χ0v) is 10.7. The van der Waals surface area contributed by atoms with Crippen LogP contribution in [0.15, 0.2) is 23.6 Å². The maximum absolute atomic E-state index is 13.6. The first-order valence-corrected chi connectivity index (χ1v) is 6.47. The van der Waals surface area contributed by atoms with Gasteiger partial charge in [0.15, 0.2) is 0 Å². The molecule has 0 amide bonds. The van der Waals surface area contributed by atoms with E-state index in [0.717, 1.165) is 17.1 Å². The van der Waals surface area contributed by atoms with E-state index >= 15 is 0 Å². The summed E-state index contributed by atoms with van der Waals surface area (Å²) in [5.74, 6) is -0.417. The van der Waals surface area contributed by atoms with Crippen molar-refractivity contribution >= 4 is 17.0 Å². The Labute approximate surface area is 109 Å². The summed E-state index contributed by atoms with van der Waals surface area (Å²) in [7, 11) is 0. The quantitative estimate of drug-likeness (QED) is 0.918. The summed E-state index contributed by atoms with van der Waals surface area (Å²) in [6.45, 7) is 2.54. The normalized spacial score (nSPS) is 10.1. The molecule has 3 nitrogen and oxygen atoms in total. The van der Waals surface area contributed by atoms with Gasteiger partial charge in [-0.3, -0.25) is 0 Å². The molecule has 1 N–H and O–H groups in total. The highest BCUT2D eigenvalue weighted by atomic mass is 32.1. The first kappa shape index (κ1) is 12.5. The number of nitrogens with zero attached hydrogens (tertiary/aromatic N) is 2. The average Bonchev–Trinajstić information content (AvgIpc) is 2.85. The summed E-state index contributed by atoms with van der Waals surface area (Å²) in [6.07, 6.45) is 0.913. The topological polar surface area (TPSA) is 48.7 Å². The predicted octanol–water partition coefficient (Wildman–Crippen LogP) is 3.33. The summed E-state index contributed by atoms with van der Waals surface area (Å²) in [6, 6.07) is 6.28. The Morgan fingerprint density at radius 1 is 1.50 bits per heavy atom. The highest BCUT2D eigenvalue weighted by Crippen LogP contribution is 2.17. The van der Waals surface area contributed by atoms with E-state index in [0.29, 0.717) is 17.8 Å². The van der Waals surface area contributed by atoms with Gasteiger partial charge < -0.3 is 5.32 Å². The zero-order valence-electron chi connectivity index (χ0n) is 9.90. The number of aromatic nitrogens is 1. The van der Waals surface area contributed by atoms with Crippen molar-refractivity contribution in [3.8, 4) is 6.07 Å². The van der Waals surface area contributed by atoms with Gasteiger partial charge in [-0.2, -0.15) is 5.26 Å². The number of nitriles is 1. The third-order valence-corrected chi connectivity index (χ3v) is 3.50. The minimum absolute atomic E-state index is 0.319. The zero-order chi connectivity index (χ0) is 13.0. The molecule has 0 aliphatic carbocycles. The molecule has 18 heavy (non-hydrogen) atoms. The van der Waals surface area contributed by atoms with Crippen LogP contribution in [0.2, 0.25) is 0 Å². The highest BCUT2D eigenvalue weighted by Gasteiger charge is 2.05. The van der Waals surface area contributed by atoms with Gasteiger partial charge in [0.05, 0.1) is 34.6 Å². The lowest BCUT2D eigenvalue weighted by atomic mass is 10.2. The Kier molecular flexibility index (Phi) is 3.90. The van der Waals surface area contributed by atoms with Gasteiger partial charge in [-0.1, -0.05) is 6.92 Å². The molecule has 5 heteroatoms. The van der Waals surface area contributed by atoms with Gasteiger partial charge in [0, 0.05) is 5.38 Å². The lowest BCUT2D eigenvalue weighted by molar-refractivity contribution is 0.629. The average molecular weight is 261 g/mol. The van der Waals surface area contributed by atoms with Crippen molar-refractivity contribution in [2.45, 2.75) is 19.9 Å². The molecular formula is C13H12FN3S.